The largest absolute Gasteiger partial charge is 0.497 e. The Balaban J connectivity index is 1.72. The number of rotatable bonds is 16. The highest BCUT2D eigenvalue weighted by atomic mass is 16.5. The summed E-state index contributed by atoms with van der Waals surface area (Å²) in [7, 11) is 6.80. The van der Waals surface area contributed by atoms with E-state index in [2.05, 4.69) is 125 Å². The van der Waals surface area contributed by atoms with Crippen LogP contribution in [0.25, 0.3) is 66.8 Å². The van der Waals surface area contributed by atoms with Gasteiger partial charge in [-0.3, -0.25) is 0 Å². The van der Waals surface area contributed by atoms with Gasteiger partial charge in [-0.2, -0.15) is 0 Å². The molecule has 0 unspecified atom stereocenters. The number of benzene rings is 7. The van der Waals surface area contributed by atoms with Crippen molar-refractivity contribution >= 4 is 0 Å². The molecule has 0 amide bonds. The van der Waals surface area contributed by atoms with E-state index in [1.54, 1.807) is 28.4 Å². The zero-order valence-corrected chi connectivity index (χ0v) is 35.9. The van der Waals surface area contributed by atoms with Crippen LogP contribution in [0, 0.1) is 0 Å². The Kier molecular flexibility index (Phi) is 13.1. The van der Waals surface area contributed by atoms with Crippen molar-refractivity contribution < 1.29 is 28.4 Å². The fraction of sp³-hybridized carbons (Fsp3) is 0.222. The van der Waals surface area contributed by atoms with Crippen molar-refractivity contribution in [1.82, 2.24) is 0 Å². The first-order valence-electron chi connectivity index (χ1n) is 20.6. The predicted molar refractivity (Wildman–Crippen MR) is 246 cm³/mol. The van der Waals surface area contributed by atoms with Crippen molar-refractivity contribution in [3.05, 3.63) is 146 Å². The highest BCUT2D eigenvalue weighted by molar-refractivity contribution is 6.15. The zero-order chi connectivity index (χ0) is 42.2. The van der Waals surface area contributed by atoms with Gasteiger partial charge in [0, 0.05) is 0 Å². The van der Waals surface area contributed by atoms with E-state index < -0.39 is 0 Å². The second kappa shape index (κ2) is 18.9. The van der Waals surface area contributed by atoms with E-state index in [4.69, 9.17) is 28.4 Å². The van der Waals surface area contributed by atoms with Gasteiger partial charge in [-0.1, -0.05) is 86.6 Å². The Hall–Kier alpha value is -6.66. The van der Waals surface area contributed by atoms with Gasteiger partial charge in [0.05, 0.1) is 40.6 Å². The molecule has 0 saturated carbocycles. The quantitative estimate of drug-likeness (QED) is 0.0970. The Bertz CT molecular complexity index is 2170. The summed E-state index contributed by atoms with van der Waals surface area (Å²) >= 11 is 0. The van der Waals surface area contributed by atoms with Gasteiger partial charge in [-0.05, 0) is 166 Å². The second-order valence-corrected chi connectivity index (χ2v) is 14.9. The first-order valence-corrected chi connectivity index (χ1v) is 20.6. The number of methoxy groups -OCH3 is 4. The summed E-state index contributed by atoms with van der Waals surface area (Å²) in [5.74, 6) is 4.76. The van der Waals surface area contributed by atoms with E-state index in [0.717, 1.165) is 114 Å². The smallest absolute Gasteiger partial charge is 0.119 e. The van der Waals surface area contributed by atoms with Gasteiger partial charge in [0.1, 0.15) is 34.5 Å². The van der Waals surface area contributed by atoms with Crippen LogP contribution in [-0.2, 0) is 0 Å². The topological polar surface area (TPSA) is 55.4 Å². The Morgan fingerprint density at radius 3 is 0.600 bits per heavy atom. The first-order chi connectivity index (χ1) is 29.3. The lowest BCUT2D eigenvalue weighted by molar-refractivity contribution is 0.217. The lowest BCUT2D eigenvalue weighted by atomic mass is 9.74. The van der Waals surface area contributed by atoms with E-state index in [1.165, 1.54) is 0 Å². The molecule has 2 atom stereocenters. The standard InChI is InChI=1S/C54H54O6/c1-9-35(3)59-47-31-19-41(20-32-47)53-49(37-11-23-43(55-5)24-12-37)51(39-15-27-45(57-7)28-16-39)54(42-21-33-48(34-22-42)60-36(4)10-2)52(40-17-29-46(58-8)30-18-40)50(53)38-13-25-44(56-6)26-14-38/h11-36H,9-10H2,1-8H3/t35-,36-/m1/s1. The van der Waals surface area contributed by atoms with Gasteiger partial charge in [0.25, 0.3) is 0 Å². The average Bonchev–Trinajstić information content (AvgIpc) is 3.31. The number of hydrogen-bond donors (Lipinski definition) is 0. The van der Waals surface area contributed by atoms with Gasteiger partial charge in [0.2, 0.25) is 0 Å². The summed E-state index contributed by atoms with van der Waals surface area (Å²) in [6.45, 7) is 8.47. The van der Waals surface area contributed by atoms with Gasteiger partial charge >= 0.3 is 0 Å². The van der Waals surface area contributed by atoms with Gasteiger partial charge in [-0.15, -0.1) is 0 Å². The lowest BCUT2D eigenvalue weighted by Crippen LogP contribution is -2.09. The maximum atomic E-state index is 6.32. The molecule has 7 aromatic rings. The van der Waals surface area contributed by atoms with Crippen LogP contribution in [0.1, 0.15) is 40.5 Å². The molecule has 0 aliphatic rings. The molecule has 306 valence electrons. The minimum absolute atomic E-state index is 0.0881. The van der Waals surface area contributed by atoms with Crippen molar-refractivity contribution in [2.75, 3.05) is 28.4 Å². The Morgan fingerprint density at radius 2 is 0.450 bits per heavy atom. The van der Waals surface area contributed by atoms with Crippen LogP contribution in [0.15, 0.2) is 146 Å². The zero-order valence-electron chi connectivity index (χ0n) is 35.9. The van der Waals surface area contributed by atoms with E-state index >= 15 is 0 Å². The molecule has 0 heterocycles. The van der Waals surface area contributed by atoms with Crippen LogP contribution >= 0.6 is 0 Å². The molecule has 0 aromatic heterocycles. The van der Waals surface area contributed by atoms with Crippen LogP contribution in [0.3, 0.4) is 0 Å². The SMILES string of the molecule is CC[C@@H](C)Oc1ccc(-c2c(-c3ccc(OC)cc3)c(-c3ccc(OC)cc3)c(-c3ccc(O[C@H](C)CC)cc3)c(-c3ccc(OC)cc3)c2-c2ccc(OC)cc2)cc1. The van der Waals surface area contributed by atoms with Crippen LogP contribution in [0.2, 0.25) is 0 Å². The first kappa shape index (κ1) is 41.5. The molecular formula is C54H54O6. The van der Waals surface area contributed by atoms with Crippen molar-refractivity contribution in [2.24, 2.45) is 0 Å². The molecule has 7 aromatic carbocycles. The monoisotopic (exact) mass is 798 g/mol. The van der Waals surface area contributed by atoms with Gasteiger partial charge in [-0.25, -0.2) is 0 Å². The maximum absolute atomic E-state index is 6.32. The maximum Gasteiger partial charge on any atom is 0.119 e. The minimum Gasteiger partial charge on any atom is -0.497 e. The normalized spacial score (nSPS) is 12.0. The van der Waals surface area contributed by atoms with Gasteiger partial charge in [0.15, 0.2) is 0 Å². The fourth-order valence-corrected chi connectivity index (χ4v) is 7.54. The molecule has 0 radical (unpaired) electrons. The van der Waals surface area contributed by atoms with Crippen LogP contribution in [0.4, 0.5) is 0 Å². The van der Waals surface area contributed by atoms with Crippen LogP contribution in [0.5, 0.6) is 34.5 Å². The third-order valence-electron chi connectivity index (χ3n) is 11.1. The van der Waals surface area contributed by atoms with E-state index in [1.807, 2.05) is 48.5 Å². The minimum atomic E-state index is 0.0881. The number of hydrogen-bond acceptors (Lipinski definition) is 6. The molecule has 0 fully saturated rings. The molecule has 6 heteroatoms. The summed E-state index contributed by atoms with van der Waals surface area (Å²) in [5.41, 5.74) is 12.6. The van der Waals surface area contributed by atoms with Gasteiger partial charge < -0.3 is 28.4 Å². The molecule has 0 N–H and O–H groups in total. The Morgan fingerprint density at radius 1 is 0.283 bits per heavy atom. The summed E-state index contributed by atoms with van der Waals surface area (Å²) < 4.78 is 35.5. The van der Waals surface area contributed by atoms with Crippen molar-refractivity contribution in [3.63, 3.8) is 0 Å². The molecule has 0 spiro atoms. The van der Waals surface area contributed by atoms with E-state index in [-0.39, 0.29) is 12.2 Å². The predicted octanol–water partition coefficient (Wildman–Crippen LogP) is 14.1. The third kappa shape index (κ3) is 8.84. The van der Waals surface area contributed by atoms with Crippen molar-refractivity contribution in [1.29, 1.82) is 0 Å². The van der Waals surface area contributed by atoms with Crippen molar-refractivity contribution in [2.45, 2.75) is 52.7 Å². The highest BCUT2D eigenvalue weighted by Crippen LogP contribution is 2.56. The summed E-state index contributed by atoms with van der Waals surface area (Å²) in [4.78, 5) is 0. The van der Waals surface area contributed by atoms with Crippen LogP contribution < -0.4 is 28.4 Å². The molecular weight excluding hydrogens is 745 g/mol. The number of ether oxygens (including phenoxy) is 6. The fourth-order valence-electron chi connectivity index (χ4n) is 7.54. The highest BCUT2D eigenvalue weighted by Gasteiger charge is 2.29. The Labute approximate surface area is 355 Å². The average molecular weight is 799 g/mol. The van der Waals surface area contributed by atoms with Crippen molar-refractivity contribution in [3.8, 4) is 101 Å². The molecule has 7 rings (SSSR count). The lowest BCUT2D eigenvalue weighted by Gasteiger charge is -2.29. The third-order valence-corrected chi connectivity index (χ3v) is 11.1. The second-order valence-electron chi connectivity index (χ2n) is 14.9. The molecule has 0 aliphatic carbocycles. The summed E-state index contributed by atoms with van der Waals surface area (Å²) in [6.07, 6.45) is 2.00. The van der Waals surface area contributed by atoms with E-state index in [0.29, 0.717) is 0 Å². The molecule has 0 saturated heterocycles. The molecule has 6 nitrogen and oxygen atoms in total. The summed E-state index contributed by atoms with van der Waals surface area (Å²) in [5, 5.41) is 0. The van der Waals surface area contributed by atoms with Crippen LogP contribution in [-0.4, -0.2) is 40.6 Å². The summed E-state index contributed by atoms with van der Waals surface area (Å²) in [6, 6.07) is 50.6. The molecule has 0 aliphatic heterocycles. The molecule has 60 heavy (non-hydrogen) atoms. The van der Waals surface area contributed by atoms with E-state index in [9.17, 15) is 0 Å². The molecule has 0 bridgehead atoms.